The Kier molecular flexibility index (Phi) is 5.21. The van der Waals surface area contributed by atoms with Gasteiger partial charge in [-0.1, -0.05) is 10.3 Å². The fourth-order valence-electron chi connectivity index (χ4n) is 3.67. The quantitative estimate of drug-likeness (QED) is 0.266. The summed E-state index contributed by atoms with van der Waals surface area (Å²) < 4.78 is 16.7. The lowest BCUT2D eigenvalue weighted by Gasteiger charge is -2.19. The highest BCUT2D eigenvalue weighted by Gasteiger charge is 2.36. The van der Waals surface area contributed by atoms with Crippen LogP contribution in [0.4, 0.5) is 10.2 Å². The highest BCUT2D eigenvalue weighted by molar-refractivity contribution is 6.10. The third kappa shape index (κ3) is 3.64. The Bertz CT molecular complexity index is 1170. The zero-order valence-electron chi connectivity index (χ0n) is 16.7. The molecule has 3 heterocycles. The van der Waals surface area contributed by atoms with Gasteiger partial charge in [0.25, 0.3) is 0 Å². The van der Waals surface area contributed by atoms with Crippen molar-refractivity contribution in [3.05, 3.63) is 33.9 Å². The van der Waals surface area contributed by atoms with E-state index in [-0.39, 0.29) is 41.8 Å². The minimum Gasteiger partial charge on any atom is -0.477 e. The molecule has 0 radical (unpaired) electrons. The van der Waals surface area contributed by atoms with E-state index in [0.717, 1.165) is 18.9 Å². The number of nitrogens with two attached hydrogens (primary N) is 1. The van der Waals surface area contributed by atoms with E-state index in [4.69, 9.17) is 15.8 Å². The Labute approximate surface area is 175 Å². The van der Waals surface area contributed by atoms with Crippen LogP contribution in [-0.4, -0.2) is 57.1 Å². The van der Waals surface area contributed by atoms with E-state index in [1.807, 2.05) is 0 Å². The molecule has 1 saturated carbocycles. The number of hydrogen-bond acceptors (Lipinski definition) is 8. The van der Waals surface area contributed by atoms with Crippen molar-refractivity contribution in [2.75, 3.05) is 24.6 Å². The molecule has 31 heavy (non-hydrogen) atoms. The van der Waals surface area contributed by atoms with Crippen molar-refractivity contribution < 1.29 is 24.3 Å². The van der Waals surface area contributed by atoms with Crippen LogP contribution in [-0.2, 0) is 4.84 Å². The third-order valence-corrected chi connectivity index (χ3v) is 5.35. The molecule has 12 heteroatoms. The molecule has 2 aliphatic rings. The van der Waals surface area contributed by atoms with Gasteiger partial charge in [0.05, 0.1) is 23.6 Å². The van der Waals surface area contributed by atoms with E-state index in [0.29, 0.717) is 12.3 Å². The van der Waals surface area contributed by atoms with E-state index < -0.39 is 28.7 Å². The topological polar surface area (TPSA) is 156 Å². The van der Waals surface area contributed by atoms with Gasteiger partial charge in [-0.25, -0.2) is 14.2 Å². The van der Waals surface area contributed by atoms with Gasteiger partial charge in [0.2, 0.25) is 5.43 Å². The minimum atomic E-state index is -1.37. The average molecular weight is 432 g/mol. The molecule has 0 amide bonds. The minimum absolute atomic E-state index is 0.00517. The fourth-order valence-corrected chi connectivity index (χ4v) is 3.67. The first kappa shape index (κ1) is 20.6. The monoisotopic (exact) mass is 432 g/mol. The standard InChI is InChI=1S/C19H21FN6O5/c1-2-31-24-14-8-25(6-11(14)16(21)23-30)18-13(20)5-10-15(27)12(19(28)29)7-26(9-3-4-9)17(10)22-18/h5,7,9,11,30H,2-4,6,8H2,1H3,(H2,21,23)(H,28,29)/b24-14-. The number of anilines is 1. The molecule has 2 aromatic heterocycles. The van der Waals surface area contributed by atoms with Crippen molar-refractivity contribution in [1.29, 1.82) is 0 Å². The maximum atomic E-state index is 15.0. The highest BCUT2D eigenvalue weighted by Crippen LogP contribution is 2.37. The second-order valence-corrected chi connectivity index (χ2v) is 7.44. The number of pyridine rings is 2. The van der Waals surface area contributed by atoms with Gasteiger partial charge < -0.3 is 30.4 Å². The number of carbonyl (C=O) groups is 1. The van der Waals surface area contributed by atoms with E-state index >= 15 is 4.39 Å². The zero-order valence-corrected chi connectivity index (χ0v) is 16.7. The summed E-state index contributed by atoms with van der Waals surface area (Å²) in [6, 6.07) is 1.02. The highest BCUT2D eigenvalue weighted by atomic mass is 19.1. The fraction of sp³-hybridized carbons (Fsp3) is 0.421. The molecule has 11 nitrogen and oxygen atoms in total. The van der Waals surface area contributed by atoms with Crippen LogP contribution in [0.15, 0.2) is 27.4 Å². The number of nitrogens with zero attached hydrogens (tertiary/aromatic N) is 5. The Hall–Kier alpha value is -3.70. The zero-order chi connectivity index (χ0) is 22.3. The molecular formula is C19H21FN6O5. The lowest BCUT2D eigenvalue weighted by Crippen LogP contribution is -2.31. The van der Waals surface area contributed by atoms with Gasteiger partial charge in [0.15, 0.2) is 11.6 Å². The Morgan fingerprint density at radius 2 is 2.19 bits per heavy atom. The number of rotatable bonds is 6. The van der Waals surface area contributed by atoms with Crippen molar-refractivity contribution >= 4 is 34.4 Å². The first-order valence-electron chi connectivity index (χ1n) is 9.75. The van der Waals surface area contributed by atoms with Crippen LogP contribution >= 0.6 is 0 Å². The number of fused-ring (bicyclic) bond motifs is 1. The third-order valence-electron chi connectivity index (χ3n) is 5.35. The number of hydrogen-bond donors (Lipinski definition) is 3. The van der Waals surface area contributed by atoms with Gasteiger partial charge >= 0.3 is 5.97 Å². The van der Waals surface area contributed by atoms with Crippen molar-refractivity contribution in [1.82, 2.24) is 9.55 Å². The summed E-state index contributed by atoms with van der Waals surface area (Å²) >= 11 is 0. The van der Waals surface area contributed by atoms with Gasteiger partial charge in [-0.2, -0.15) is 0 Å². The van der Waals surface area contributed by atoms with Crippen molar-refractivity contribution in [3.8, 4) is 0 Å². The average Bonchev–Trinajstić information content (AvgIpc) is 3.50. The second-order valence-electron chi connectivity index (χ2n) is 7.44. The van der Waals surface area contributed by atoms with Crippen molar-refractivity contribution in [2.45, 2.75) is 25.8 Å². The van der Waals surface area contributed by atoms with E-state index in [2.05, 4.69) is 15.3 Å². The molecule has 2 fully saturated rings. The van der Waals surface area contributed by atoms with Gasteiger partial charge in [0, 0.05) is 18.8 Å². The summed E-state index contributed by atoms with van der Waals surface area (Å²) in [6.07, 6.45) is 2.89. The van der Waals surface area contributed by atoms with Gasteiger partial charge in [-0.15, -0.1) is 0 Å². The maximum Gasteiger partial charge on any atom is 0.341 e. The second kappa shape index (κ2) is 7.85. The molecule has 1 atom stereocenters. The van der Waals surface area contributed by atoms with Crippen LogP contribution in [0.1, 0.15) is 36.2 Å². The van der Waals surface area contributed by atoms with Crippen LogP contribution in [0.5, 0.6) is 0 Å². The number of amidine groups is 1. The number of carboxylic acid groups (broad SMARTS) is 1. The molecule has 1 aliphatic carbocycles. The number of aromatic nitrogens is 2. The molecular weight excluding hydrogens is 411 g/mol. The molecule has 1 saturated heterocycles. The molecule has 2 aromatic rings. The van der Waals surface area contributed by atoms with Crippen molar-refractivity contribution in [2.24, 2.45) is 22.0 Å². The number of halogens is 1. The maximum absolute atomic E-state index is 15.0. The van der Waals surface area contributed by atoms with Crippen molar-refractivity contribution in [3.63, 3.8) is 0 Å². The summed E-state index contributed by atoms with van der Waals surface area (Å²) in [7, 11) is 0. The van der Waals surface area contributed by atoms with Gasteiger partial charge in [0.1, 0.15) is 23.7 Å². The van der Waals surface area contributed by atoms with E-state index in [9.17, 15) is 14.7 Å². The van der Waals surface area contributed by atoms with E-state index in [1.165, 1.54) is 6.20 Å². The lowest BCUT2D eigenvalue weighted by atomic mass is 10.1. The summed E-state index contributed by atoms with van der Waals surface area (Å²) in [5.74, 6) is -2.90. The molecule has 1 aliphatic heterocycles. The summed E-state index contributed by atoms with van der Waals surface area (Å²) in [5, 5.41) is 25.3. The number of carboxylic acids is 1. The molecule has 0 spiro atoms. The van der Waals surface area contributed by atoms with Crippen LogP contribution in [0.3, 0.4) is 0 Å². The van der Waals surface area contributed by atoms with Crippen LogP contribution in [0.2, 0.25) is 0 Å². The summed E-state index contributed by atoms with van der Waals surface area (Å²) in [6.45, 7) is 2.33. The normalized spacial score (nSPS) is 20.6. The molecule has 0 aromatic carbocycles. The molecule has 4 N–H and O–H groups in total. The first-order chi connectivity index (χ1) is 14.8. The molecule has 4 rings (SSSR count). The predicted molar refractivity (Wildman–Crippen MR) is 109 cm³/mol. The van der Waals surface area contributed by atoms with E-state index in [1.54, 1.807) is 16.4 Å². The molecule has 164 valence electrons. The summed E-state index contributed by atoms with van der Waals surface area (Å²) in [5.41, 5.74) is 5.22. The molecule has 0 bridgehead atoms. The van der Waals surface area contributed by atoms with Crippen LogP contribution < -0.4 is 16.1 Å². The lowest BCUT2D eigenvalue weighted by molar-refractivity contribution is 0.0695. The predicted octanol–water partition coefficient (Wildman–Crippen LogP) is 1.14. The Morgan fingerprint density at radius 3 is 2.81 bits per heavy atom. The first-order valence-corrected chi connectivity index (χ1v) is 9.75. The molecule has 1 unspecified atom stereocenters. The van der Waals surface area contributed by atoms with Crippen LogP contribution in [0.25, 0.3) is 11.0 Å². The Balaban J connectivity index is 1.83. The summed E-state index contributed by atoms with van der Waals surface area (Å²) in [4.78, 5) is 35.1. The largest absolute Gasteiger partial charge is 0.477 e. The number of oxime groups is 2. The van der Waals surface area contributed by atoms with Gasteiger partial charge in [-0.3, -0.25) is 4.79 Å². The number of aromatic carboxylic acids is 1. The smallest absolute Gasteiger partial charge is 0.341 e. The van der Waals surface area contributed by atoms with Gasteiger partial charge in [-0.05, 0) is 25.8 Å². The Morgan fingerprint density at radius 1 is 1.45 bits per heavy atom. The van der Waals surface area contributed by atoms with Crippen LogP contribution in [0, 0.1) is 11.7 Å². The SMILES string of the molecule is CCO/N=C1/CN(c2nc3c(cc2F)c(=O)c(C(=O)O)cn3C2CC2)CC1/C(N)=N\O.